The van der Waals surface area contributed by atoms with Gasteiger partial charge in [0.1, 0.15) is 0 Å². The molecule has 0 saturated carbocycles. The van der Waals surface area contributed by atoms with Gasteiger partial charge in [0.15, 0.2) is 0 Å². The molecule has 0 bridgehead atoms. The molecule has 17 heavy (non-hydrogen) atoms. The fraction of sp³-hybridized carbons (Fsp3) is 0.923. The molecule has 4 heteroatoms. The van der Waals surface area contributed by atoms with Crippen molar-refractivity contribution in [1.82, 2.24) is 9.80 Å². The van der Waals surface area contributed by atoms with Crippen LogP contribution >= 0.6 is 0 Å². The summed E-state index contributed by atoms with van der Waals surface area (Å²) in [5.74, 6) is -0.194. The minimum atomic E-state index is -0.718. The number of carboxylic acids is 1. The van der Waals surface area contributed by atoms with Crippen LogP contribution in [0.1, 0.15) is 33.1 Å². The van der Waals surface area contributed by atoms with Gasteiger partial charge in [-0.3, -0.25) is 9.69 Å². The van der Waals surface area contributed by atoms with Crippen molar-refractivity contribution < 1.29 is 9.90 Å². The average molecular weight is 242 g/mol. The molecule has 1 heterocycles. The lowest BCUT2D eigenvalue weighted by Gasteiger charge is -2.30. The van der Waals surface area contributed by atoms with Gasteiger partial charge in [-0.15, -0.1) is 0 Å². The average Bonchev–Trinajstić information content (AvgIpc) is 2.26. The molecule has 0 amide bonds. The van der Waals surface area contributed by atoms with Crippen molar-refractivity contribution in [3.63, 3.8) is 0 Å². The molecular weight excluding hydrogens is 216 g/mol. The van der Waals surface area contributed by atoms with Gasteiger partial charge in [-0.2, -0.15) is 0 Å². The van der Waals surface area contributed by atoms with Gasteiger partial charge in [-0.05, 0) is 31.8 Å². The summed E-state index contributed by atoms with van der Waals surface area (Å²) in [6.45, 7) is 9.58. The number of likely N-dealkylation sites (tertiary alicyclic amines) is 1. The summed E-state index contributed by atoms with van der Waals surface area (Å²) in [7, 11) is 0. The van der Waals surface area contributed by atoms with E-state index in [0.717, 1.165) is 19.6 Å². The molecule has 0 aromatic rings. The number of carbonyl (C=O) groups is 1. The Hall–Kier alpha value is -0.610. The Morgan fingerprint density at radius 2 is 1.94 bits per heavy atom. The predicted octanol–water partition coefficient (Wildman–Crippen LogP) is 1.51. The first-order chi connectivity index (χ1) is 8.08. The van der Waals surface area contributed by atoms with E-state index in [2.05, 4.69) is 23.6 Å². The van der Waals surface area contributed by atoms with Crippen LogP contribution in [0.25, 0.3) is 0 Å². The summed E-state index contributed by atoms with van der Waals surface area (Å²) >= 11 is 0. The van der Waals surface area contributed by atoms with Crippen LogP contribution in [0, 0.1) is 5.92 Å². The van der Waals surface area contributed by atoms with Crippen LogP contribution in [0.5, 0.6) is 0 Å². The van der Waals surface area contributed by atoms with E-state index in [1.807, 2.05) is 0 Å². The maximum Gasteiger partial charge on any atom is 0.317 e. The molecule has 1 rings (SSSR count). The van der Waals surface area contributed by atoms with Gasteiger partial charge in [0.25, 0.3) is 0 Å². The molecule has 1 aliphatic heterocycles. The fourth-order valence-corrected chi connectivity index (χ4v) is 2.41. The third kappa shape index (κ3) is 6.64. The van der Waals surface area contributed by atoms with Crippen molar-refractivity contribution in [3.8, 4) is 0 Å². The van der Waals surface area contributed by atoms with E-state index in [9.17, 15) is 4.79 Å². The molecule has 0 aromatic heterocycles. The molecule has 0 aliphatic carbocycles. The summed E-state index contributed by atoms with van der Waals surface area (Å²) in [4.78, 5) is 15.3. The molecule has 0 radical (unpaired) electrons. The van der Waals surface area contributed by atoms with E-state index < -0.39 is 5.97 Å². The Morgan fingerprint density at radius 3 is 2.47 bits per heavy atom. The standard InChI is InChI=1S/C13H26N2O2/c1-12(2)10-15(11-13(16)17)9-8-14-6-4-3-5-7-14/h12H,3-11H2,1-2H3,(H,16,17). The number of hydrogen-bond acceptors (Lipinski definition) is 3. The highest BCUT2D eigenvalue weighted by atomic mass is 16.4. The molecule has 100 valence electrons. The Balaban J connectivity index is 2.28. The minimum Gasteiger partial charge on any atom is -0.480 e. The Morgan fingerprint density at radius 1 is 1.29 bits per heavy atom. The number of rotatable bonds is 7. The smallest absolute Gasteiger partial charge is 0.317 e. The lowest BCUT2D eigenvalue weighted by Crippen LogP contribution is -2.41. The molecule has 0 atom stereocenters. The van der Waals surface area contributed by atoms with E-state index in [4.69, 9.17) is 5.11 Å². The zero-order chi connectivity index (χ0) is 12.7. The summed E-state index contributed by atoms with van der Waals surface area (Å²) in [6.07, 6.45) is 3.94. The maximum absolute atomic E-state index is 10.8. The summed E-state index contributed by atoms with van der Waals surface area (Å²) < 4.78 is 0. The van der Waals surface area contributed by atoms with Crippen LogP contribution in [0.15, 0.2) is 0 Å². The largest absolute Gasteiger partial charge is 0.480 e. The highest BCUT2D eigenvalue weighted by Crippen LogP contribution is 2.08. The minimum absolute atomic E-state index is 0.173. The second kappa shape index (κ2) is 7.67. The summed E-state index contributed by atoms with van der Waals surface area (Å²) in [5, 5.41) is 8.88. The van der Waals surface area contributed by atoms with Gasteiger partial charge in [0, 0.05) is 19.6 Å². The fourth-order valence-electron chi connectivity index (χ4n) is 2.41. The van der Waals surface area contributed by atoms with Crippen LogP contribution in [-0.4, -0.2) is 60.1 Å². The highest BCUT2D eigenvalue weighted by Gasteiger charge is 2.14. The van der Waals surface area contributed by atoms with Gasteiger partial charge in [-0.25, -0.2) is 0 Å². The van der Waals surface area contributed by atoms with Crippen molar-refractivity contribution in [2.24, 2.45) is 5.92 Å². The Kier molecular flexibility index (Phi) is 6.52. The van der Waals surface area contributed by atoms with Gasteiger partial charge >= 0.3 is 5.97 Å². The van der Waals surface area contributed by atoms with Crippen molar-refractivity contribution in [2.75, 3.05) is 39.3 Å². The molecule has 1 aliphatic rings. The van der Waals surface area contributed by atoms with E-state index in [1.54, 1.807) is 0 Å². The second-order valence-corrected chi connectivity index (χ2v) is 5.43. The van der Waals surface area contributed by atoms with Gasteiger partial charge in [0.05, 0.1) is 6.54 Å². The Bertz CT molecular complexity index is 225. The quantitative estimate of drug-likeness (QED) is 0.735. The highest BCUT2D eigenvalue weighted by molar-refractivity contribution is 5.69. The first-order valence-corrected chi connectivity index (χ1v) is 6.74. The molecule has 0 spiro atoms. The van der Waals surface area contributed by atoms with Crippen LogP contribution < -0.4 is 0 Å². The third-order valence-corrected chi connectivity index (χ3v) is 3.16. The van der Waals surface area contributed by atoms with Crippen LogP contribution in [0.4, 0.5) is 0 Å². The van der Waals surface area contributed by atoms with Gasteiger partial charge in [0.2, 0.25) is 0 Å². The van der Waals surface area contributed by atoms with Crippen LogP contribution in [0.2, 0.25) is 0 Å². The summed E-state index contributed by atoms with van der Waals surface area (Å²) in [6, 6.07) is 0. The summed E-state index contributed by atoms with van der Waals surface area (Å²) in [5.41, 5.74) is 0. The lowest BCUT2D eigenvalue weighted by molar-refractivity contribution is -0.138. The van der Waals surface area contributed by atoms with Crippen molar-refractivity contribution in [1.29, 1.82) is 0 Å². The van der Waals surface area contributed by atoms with E-state index in [0.29, 0.717) is 5.92 Å². The van der Waals surface area contributed by atoms with Gasteiger partial charge in [-0.1, -0.05) is 20.3 Å². The predicted molar refractivity (Wildman–Crippen MR) is 69.2 cm³/mol. The second-order valence-electron chi connectivity index (χ2n) is 5.43. The third-order valence-electron chi connectivity index (χ3n) is 3.16. The molecule has 4 nitrogen and oxygen atoms in total. The molecule has 0 aromatic carbocycles. The molecule has 1 fully saturated rings. The lowest BCUT2D eigenvalue weighted by atomic mass is 10.1. The molecule has 0 unspecified atom stereocenters. The van der Waals surface area contributed by atoms with E-state index >= 15 is 0 Å². The Labute approximate surface area is 105 Å². The van der Waals surface area contributed by atoms with E-state index in [-0.39, 0.29) is 6.54 Å². The normalized spacial score (nSPS) is 17.9. The first-order valence-electron chi connectivity index (χ1n) is 6.74. The van der Waals surface area contributed by atoms with Crippen LogP contribution in [-0.2, 0) is 4.79 Å². The number of piperidine rings is 1. The monoisotopic (exact) mass is 242 g/mol. The zero-order valence-electron chi connectivity index (χ0n) is 11.2. The van der Waals surface area contributed by atoms with Crippen molar-refractivity contribution in [2.45, 2.75) is 33.1 Å². The maximum atomic E-state index is 10.8. The SMILES string of the molecule is CC(C)CN(CCN1CCCCC1)CC(=O)O. The van der Waals surface area contributed by atoms with Gasteiger partial charge < -0.3 is 10.0 Å². The first kappa shape index (κ1) is 14.5. The number of carboxylic acid groups (broad SMARTS) is 1. The van der Waals surface area contributed by atoms with E-state index in [1.165, 1.54) is 32.4 Å². The molecule has 1 N–H and O–H groups in total. The zero-order valence-corrected chi connectivity index (χ0v) is 11.2. The topological polar surface area (TPSA) is 43.8 Å². The number of nitrogens with zero attached hydrogens (tertiary/aromatic N) is 2. The van der Waals surface area contributed by atoms with Crippen molar-refractivity contribution in [3.05, 3.63) is 0 Å². The van der Waals surface area contributed by atoms with Crippen LogP contribution in [0.3, 0.4) is 0 Å². The van der Waals surface area contributed by atoms with Crippen molar-refractivity contribution >= 4 is 5.97 Å². The number of hydrogen-bond donors (Lipinski definition) is 1. The molecule has 1 saturated heterocycles. The molecular formula is C13H26N2O2. The number of aliphatic carboxylic acids is 1.